The van der Waals surface area contributed by atoms with E-state index in [9.17, 15) is 9.59 Å². The molecule has 2 heterocycles. The molecule has 1 amide bonds. The molecule has 3 rings (SSSR count). The number of aryl methyl sites for hydroxylation is 1. The molecule has 1 aromatic heterocycles. The van der Waals surface area contributed by atoms with Crippen LogP contribution in [0.4, 0.5) is 0 Å². The second-order valence-electron chi connectivity index (χ2n) is 5.77. The van der Waals surface area contributed by atoms with Gasteiger partial charge in [-0.1, -0.05) is 25.1 Å². The Morgan fingerprint density at radius 2 is 2.17 bits per heavy atom. The van der Waals surface area contributed by atoms with Crippen molar-refractivity contribution >= 4 is 16.7 Å². The number of aromatic nitrogens is 2. The second kappa shape index (κ2) is 6.91. The van der Waals surface area contributed by atoms with Crippen LogP contribution in [0.15, 0.2) is 29.1 Å². The van der Waals surface area contributed by atoms with Crippen molar-refractivity contribution in [1.29, 1.82) is 0 Å². The summed E-state index contributed by atoms with van der Waals surface area (Å²) in [6.07, 6.45) is 2.85. The minimum Gasteiger partial charge on any atom is -0.376 e. The van der Waals surface area contributed by atoms with E-state index in [2.05, 4.69) is 10.4 Å². The molecule has 1 aromatic carbocycles. The molecular formula is C17H21N3O3. The fraction of sp³-hybridized carbons (Fsp3) is 0.471. The van der Waals surface area contributed by atoms with Gasteiger partial charge in [-0.3, -0.25) is 9.59 Å². The van der Waals surface area contributed by atoms with E-state index in [0.29, 0.717) is 29.6 Å². The number of carbonyl (C=O) groups excluding carboxylic acids is 1. The third-order valence-corrected chi connectivity index (χ3v) is 4.03. The zero-order chi connectivity index (χ0) is 16.2. The van der Waals surface area contributed by atoms with Crippen molar-refractivity contribution in [2.24, 2.45) is 0 Å². The Labute approximate surface area is 134 Å². The average Bonchev–Trinajstić information content (AvgIpc) is 3.09. The lowest BCUT2D eigenvalue weighted by Crippen LogP contribution is -2.34. The van der Waals surface area contributed by atoms with Gasteiger partial charge in [0.1, 0.15) is 0 Å². The predicted octanol–water partition coefficient (Wildman–Crippen LogP) is 1.72. The quantitative estimate of drug-likeness (QED) is 0.912. The summed E-state index contributed by atoms with van der Waals surface area (Å²) in [5.41, 5.74) is 0.143. The van der Waals surface area contributed by atoms with Gasteiger partial charge in [-0.2, -0.15) is 5.10 Å². The zero-order valence-corrected chi connectivity index (χ0v) is 13.2. The molecule has 0 saturated carbocycles. The molecule has 0 bridgehead atoms. The van der Waals surface area contributed by atoms with Crippen LogP contribution in [0.25, 0.3) is 10.8 Å². The molecule has 0 radical (unpaired) electrons. The molecule has 6 nitrogen and oxygen atoms in total. The number of hydrogen-bond donors (Lipinski definition) is 1. The summed E-state index contributed by atoms with van der Waals surface area (Å²) in [6, 6.07) is 7.11. The highest BCUT2D eigenvalue weighted by molar-refractivity contribution is 6.04. The number of hydrogen-bond acceptors (Lipinski definition) is 4. The Kier molecular flexibility index (Phi) is 4.71. The van der Waals surface area contributed by atoms with Gasteiger partial charge >= 0.3 is 0 Å². The molecule has 1 fully saturated rings. The highest BCUT2D eigenvalue weighted by atomic mass is 16.5. The topological polar surface area (TPSA) is 73.2 Å². The van der Waals surface area contributed by atoms with E-state index >= 15 is 0 Å². The summed E-state index contributed by atoms with van der Waals surface area (Å²) in [5.74, 6) is -0.262. The monoisotopic (exact) mass is 315 g/mol. The summed E-state index contributed by atoms with van der Waals surface area (Å²) in [5, 5.41) is 8.29. The molecule has 122 valence electrons. The van der Waals surface area contributed by atoms with E-state index in [1.807, 2.05) is 13.0 Å². The first kappa shape index (κ1) is 15.7. The number of fused-ring (bicyclic) bond motifs is 1. The Morgan fingerprint density at radius 1 is 1.39 bits per heavy atom. The molecule has 1 N–H and O–H groups in total. The third kappa shape index (κ3) is 3.27. The van der Waals surface area contributed by atoms with Gasteiger partial charge in [-0.25, -0.2) is 4.68 Å². The lowest BCUT2D eigenvalue weighted by molar-refractivity contribution is 0.0853. The molecule has 1 unspecified atom stereocenters. The number of ether oxygens (including phenoxy) is 1. The van der Waals surface area contributed by atoms with Crippen LogP contribution in [0.5, 0.6) is 0 Å². The molecule has 0 aliphatic carbocycles. The summed E-state index contributed by atoms with van der Waals surface area (Å²) >= 11 is 0. The Morgan fingerprint density at radius 3 is 2.87 bits per heavy atom. The summed E-state index contributed by atoms with van der Waals surface area (Å²) < 4.78 is 6.90. The normalized spacial score (nSPS) is 17.5. The van der Waals surface area contributed by atoms with E-state index in [1.54, 1.807) is 18.2 Å². The van der Waals surface area contributed by atoms with Crippen LogP contribution in [-0.4, -0.2) is 34.9 Å². The minimum atomic E-state index is -0.262. The second-order valence-corrected chi connectivity index (χ2v) is 5.77. The fourth-order valence-corrected chi connectivity index (χ4v) is 2.86. The van der Waals surface area contributed by atoms with Gasteiger partial charge in [0.05, 0.1) is 11.5 Å². The first-order valence-electron chi connectivity index (χ1n) is 8.10. The molecule has 1 atom stereocenters. The molecular weight excluding hydrogens is 294 g/mol. The maximum atomic E-state index is 12.5. The number of amides is 1. The van der Waals surface area contributed by atoms with Crippen LogP contribution in [0.1, 0.15) is 36.7 Å². The Balaban J connectivity index is 1.93. The Bertz CT molecular complexity index is 763. The van der Waals surface area contributed by atoms with Crippen LogP contribution in [0.2, 0.25) is 0 Å². The number of nitrogens with zero attached hydrogens (tertiary/aromatic N) is 2. The lowest BCUT2D eigenvalue weighted by atomic mass is 10.1. The highest BCUT2D eigenvalue weighted by Crippen LogP contribution is 2.14. The molecule has 2 aromatic rings. The summed E-state index contributed by atoms with van der Waals surface area (Å²) in [4.78, 5) is 24.9. The van der Waals surface area contributed by atoms with Gasteiger partial charge < -0.3 is 10.1 Å². The minimum absolute atomic E-state index is 0.0757. The third-order valence-electron chi connectivity index (χ3n) is 4.03. The van der Waals surface area contributed by atoms with Gasteiger partial charge in [0.2, 0.25) is 0 Å². The predicted molar refractivity (Wildman–Crippen MR) is 87.6 cm³/mol. The number of rotatable bonds is 5. The smallest absolute Gasteiger partial charge is 0.274 e. The van der Waals surface area contributed by atoms with Gasteiger partial charge in [0.15, 0.2) is 5.69 Å². The summed E-state index contributed by atoms with van der Waals surface area (Å²) in [6.45, 7) is 3.70. The molecule has 0 spiro atoms. The fourth-order valence-electron chi connectivity index (χ4n) is 2.86. The van der Waals surface area contributed by atoms with Gasteiger partial charge in [-0.15, -0.1) is 0 Å². The first-order chi connectivity index (χ1) is 11.2. The maximum absolute atomic E-state index is 12.5. The van der Waals surface area contributed by atoms with Gasteiger partial charge in [0.25, 0.3) is 11.5 Å². The van der Waals surface area contributed by atoms with E-state index in [4.69, 9.17) is 4.74 Å². The van der Waals surface area contributed by atoms with Crippen molar-refractivity contribution in [2.75, 3.05) is 13.2 Å². The molecule has 1 aliphatic heterocycles. The lowest BCUT2D eigenvalue weighted by Gasteiger charge is -2.13. The van der Waals surface area contributed by atoms with E-state index < -0.39 is 0 Å². The average molecular weight is 315 g/mol. The van der Waals surface area contributed by atoms with Crippen LogP contribution < -0.4 is 10.9 Å². The van der Waals surface area contributed by atoms with Crippen molar-refractivity contribution in [3.8, 4) is 0 Å². The zero-order valence-electron chi connectivity index (χ0n) is 13.2. The highest BCUT2D eigenvalue weighted by Gasteiger charge is 2.20. The van der Waals surface area contributed by atoms with Gasteiger partial charge in [-0.05, 0) is 25.3 Å². The van der Waals surface area contributed by atoms with Gasteiger partial charge in [0, 0.05) is 25.1 Å². The molecule has 1 saturated heterocycles. The maximum Gasteiger partial charge on any atom is 0.274 e. The van der Waals surface area contributed by atoms with Crippen LogP contribution in [0, 0.1) is 0 Å². The number of nitrogens with one attached hydrogen (secondary N) is 1. The van der Waals surface area contributed by atoms with E-state index in [0.717, 1.165) is 25.9 Å². The largest absolute Gasteiger partial charge is 0.376 e. The van der Waals surface area contributed by atoms with Crippen molar-refractivity contribution in [3.63, 3.8) is 0 Å². The molecule has 6 heteroatoms. The van der Waals surface area contributed by atoms with E-state index in [-0.39, 0.29) is 17.6 Å². The first-order valence-corrected chi connectivity index (χ1v) is 8.10. The number of carbonyl (C=O) groups is 1. The van der Waals surface area contributed by atoms with Crippen LogP contribution in [-0.2, 0) is 11.3 Å². The number of benzene rings is 1. The van der Waals surface area contributed by atoms with Crippen molar-refractivity contribution in [3.05, 3.63) is 40.3 Å². The molecule has 1 aliphatic rings. The molecule has 23 heavy (non-hydrogen) atoms. The Hall–Kier alpha value is -2.21. The van der Waals surface area contributed by atoms with Crippen LogP contribution in [0.3, 0.4) is 0 Å². The standard InChI is InChI=1S/C17H21N3O3/c1-2-9-20-17(22)14-8-4-3-7-13(14)15(19-20)16(21)18-11-12-6-5-10-23-12/h3-4,7-8,12H,2,5-6,9-11H2,1H3,(H,18,21). The summed E-state index contributed by atoms with van der Waals surface area (Å²) in [7, 11) is 0. The van der Waals surface area contributed by atoms with Crippen molar-refractivity contribution < 1.29 is 9.53 Å². The SMILES string of the molecule is CCCn1nc(C(=O)NCC2CCCO2)c2ccccc2c1=O. The van der Waals surface area contributed by atoms with E-state index in [1.165, 1.54) is 4.68 Å². The van der Waals surface area contributed by atoms with Crippen LogP contribution >= 0.6 is 0 Å². The van der Waals surface area contributed by atoms with Crippen molar-refractivity contribution in [1.82, 2.24) is 15.1 Å². The van der Waals surface area contributed by atoms with Crippen molar-refractivity contribution in [2.45, 2.75) is 38.8 Å².